The van der Waals surface area contributed by atoms with Gasteiger partial charge in [-0.25, -0.2) is 0 Å². The number of nitrogens with one attached hydrogen (secondary N) is 1. The Labute approximate surface area is 304 Å². The average Bonchev–Trinajstić information content (AvgIpc) is 3.78. The van der Waals surface area contributed by atoms with Crippen molar-refractivity contribution in [3.63, 3.8) is 0 Å². The summed E-state index contributed by atoms with van der Waals surface area (Å²) >= 11 is 1.42. The molecule has 1 fully saturated rings. The number of rotatable bonds is 9. The molecule has 1 saturated carbocycles. The third-order valence-electron chi connectivity index (χ3n) is 8.70. The summed E-state index contributed by atoms with van der Waals surface area (Å²) in [6.07, 6.45) is -4.20. The van der Waals surface area contributed by atoms with E-state index in [-0.39, 0.29) is 17.2 Å². The van der Waals surface area contributed by atoms with Crippen LogP contribution >= 0.6 is 11.8 Å². The molecule has 1 aliphatic rings. The predicted molar refractivity (Wildman–Crippen MR) is 189 cm³/mol. The van der Waals surface area contributed by atoms with Gasteiger partial charge in [0.1, 0.15) is 22.9 Å². The number of hydrogen-bond acceptors (Lipinski definition) is 9. The predicted octanol–water partition coefficient (Wildman–Crippen LogP) is 8.07. The molecule has 6 aromatic rings. The Morgan fingerprint density at radius 3 is 1.74 bits per heavy atom. The van der Waals surface area contributed by atoms with Gasteiger partial charge in [-0.2, -0.15) is 26.3 Å². The summed E-state index contributed by atoms with van der Waals surface area (Å²) in [6.45, 7) is 1.77. The molecule has 17 heteroatoms. The van der Waals surface area contributed by atoms with Crippen LogP contribution in [0.15, 0.2) is 78.2 Å². The van der Waals surface area contributed by atoms with E-state index in [1.54, 1.807) is 53.9 Å². The Morgan fingerprint density at radius 1 is 0.774 bits per heavy atom. The molecule has 0 bridgehead atoms. The molecular formula is C36H35F6N7O3S. The van der Waals surface area contributed by atoms with Crippen molar-refractivity contribution in [2.75, 3.05) is 25.8 Å². The molecule has 4 aromatic heterocycles. The van der Waals surface area contributed by atoms with Gasteiger partial charge in [0.25, 0.3) is 0 Å². The maximum Gasteiger partial charge on any atom is 0.393 e. The highest BCUT2D eigenvalue weighted by Gasteiger charge is 2.39. The van der Waals surface area contributed by atoms with Gasteiger partial charge in [0.05, 0.1) is 43.7 Å². The van der Waals surface area contributed by atoms with Crippen LogP contribution in [-0.2, 0) is 12.8 Å². The third-order valence-corrected chi connectivity index (χ3v) is 9.35. The topological polar surface area (TPSA) is 111 Å². The van der Waals surface area contributed by atoms with Gasteiger partial charge in [0, 0.05) is 29.6 Å². The van der Waals surface area contributed by atoms with Crippen LogP contribution < -0.4 is 14.8 Å². The zero-order valence-electron chi connectivity index (χ0n) is 29.0. The summed E-state index contributed by atoms with van der Waals surface area (Å²) in [4.78, 5) is 0. The first-order chi connectivity index (χ1) is 25.1. The number of fused-ring (bicyclic) bond motifs is 2. The number of ether oxygens (including phenoxy) is 2. The number of aromatic nitrogens is 6. The average molecular weight is 760 g/mol. The SMILES string of the molecule is COc1ccc(-c2nnc(NC3CC(C)(O)C3)n3cccc23)c(CC(F)(F)F)c1.COc1ccc(-c2nnc(SC)n3cccc23)c(CC(F)(F)F)c1. The minimum absolute atomic E-state index is 0.0672. The molecule has 0 amide bonds. The zero-order valence-corrected chi connectivity index (χ0v) is 29.8. The Balaban J connectivity index is 0.000000185. The van der Waals surface area contributed by atoms with Crippen LogP contribution in [0.25, 0.3) is 33.5 Å². The lowest BCUT2D eigenvalue weighted by Gasteiger charge is -2.41. The molecular weight excluding hydrogens is 724 g/mol. The van der Waals surface area contributed by atoms with E-state index in [4.69, 9.17) is 9.47 Å². The molecule has 7 rings (SSSR count). The maximum atomic E-state index is 13.1. The van der Waals surface area contributed by atoms with E-state index in [1.807, 2.05) is 29.0 Å². The highest BCUT2D eigenvalue weighted by molar-refractivity contribution is 7.98. The van der Waals surface area contributed by atoms with Crippen molar-refractivity contribution >= 4 is 28.7 Å². The Morgan fingerprint density at radius 2 is 1.26 bits per heavy atom. The van der Waals surface area contributed by atoms with Crippen molar-refractivity contribution in [1.29, 1.82) is 0 Å². The summed E-state index contributed by atoms with van der Waals surface area (Å²) in [5.41, 5.74) is 2.39. The summed E-state index contributed by atoms with van der Waals surface area (Å²) in [6, 6.07) is 16.4. The van der Waals surface area contributed by atoms with Crippen molar-refractivity contribution in [3.8, 4) is 34.0 Å². The van der Waals surface area contributed by atoms with Gasteiger partial charge in [0.2, 0.25) is 5.95 Å². The van der Waals surface area contributed by atoms with E-state index in [1.165, 1.54) is 38.1 Å². The quantitative estimate of drug-likeness (QED) is 0.112. The molecule has 2 N–H and O–H groups in total. The van der Waals surface area contributed by atoms with Crippen molar-refractivity contribution in [2.24, 2.45) is 0 Å². The van der Waals surface area contributed by atoms with Crippen molar-refractivity contribution < 1.29 is 40.9 Å². The van der Waals surface area contributed by atoms with E-state index >= 15 is 0 Å². The van der Waals surface area contributed by atoms with Gasteiger partial charge in [0.15, 0.2) is 5.16 Å². The van der Waals surface area contributed by atoms with E-state index in [2.05, 4.69) is 25.7 Å². The van der Waals surface area contributed by atoms with Crippen LogP contribution in [0, 0.1) is 0 Å². The standard InChI is InChI=1S/C20H21F3N4O2.C16H14F3N3OS/c1-19(28)10-13(11-19)24-18-26-25-17(16-4-3-7-27(16)18)15-6-5-14(29-2)8-12(15)9-20(21,22)23;1-23-11-5-6-12(10(8-11)9-16(17,18)19)14-13-4-3-7-22(13)15(24-2)21-20-14/h3-8,13,28H,9-11H2,1-2H3,(H,24,26);3-8H,9H2,1-2H3. The molecule has 10 nitrogen and oxygen atoms in total. The molecule has 280 valence electrons. The zero-order chi connectivity index (χ0) is 38.1. The molecule has 0 saturated heterocycles. The highest BCUT2D eigenvalue weighted by Crippen LogP contribution is 2.37. The molecule has 0 spiro atoms. The first-order valence-corrected chi connectivity index (χ1v) is 17.5. The van der Waals surface area contributed by atoms with Crippen LogP contribution in [0.4, 0.5) is 32.3 Å². The molecule has 0 aliphatic heterocycles. The van der Waals surface area contributed by atoms with Crippen LogP contribution in [0.1, 0.15) is 30.9 Å². The summed E-state index contributed by atoms with van der Waals surface area (Å²) in [5, 5.41) is 30.6. The Hall–Kier alpha value is -5.03. The van der Waals surface area contributed by atoms with E-state index in [0.29, 0.717) is 69.0 Å². The molecule has 0 radical (unpaired) electrons. The summed E-state index contributed by atoms with van der Waals surface area (Å²) in [5.74, 6) is 1.21. The van der Waals surface area contributed by atoms with Crippen molar-refractivity contribution in [3.05, 3.63) is 84.2 Å². The fraction of sp³-hybridized carbons (Fsp3) is 0.333. The second kappa shape index (κ2) is 14.8. The molecule has 1 aliphatic carbocycles. The van der Waals surface area contributed by atoms with Gasteiger partial charge in [-0.1, -0.05) is 11.8 Å². The van der Waals surface area contributed by atoms with Gasteiger partial charge >= 0.3 is 12.4 Å². The van der Waals surface area contributed by atoms with E-state index < -0.39 is 30.8 Å². The minimum atomic E-state index is -4.37. The first kappa shape index (κ1) is 37.7. The number of alkyl halides is 6. The second-order valence-corrected chi connectivity index (χ2v) is 13.6. The third kappa shape index (κ3) is 8.62. The number of nitrogens with zero attached hydrogens (tertiary/aromatic N) is 6. The molecule has 0 atom stereocenters. The lowest BCUT2D eigenvalue weighted by atomic mass is 9.77. The fourth-order valence-electron chi connectivity index (χ4n) is 6.38. The maximum absolute atomic E-state index is 13.1. The largest absolute Gasteiger partial charge is 0.497 e. The Kier molecular flexibility index (Phi) is 10.5. The molecule has 0 unspecified atom stereocenters. The number of methoxy groups -OCH3 is 2. The number of thioether (sulfide) groups is 1. The number of hydrogen-bond donors (Lipinski definition) is 2. The van der Waals surface area contributed by atoms with Crippen LogP contribution in [-0.4, -0.2) is 78.8 Å². The summed E-state index contributed by atoms with van der Waals surface area (Å²) in [7, 11) is 2.83. The molecule has 2 aromatic carbocycles. The molecule has 53 heavy (non-hydrogen) atoms. The van der Waals surface area contributed by atoms with Crippen LogP contribution in [0.2, 0.25) is 0 Å². The van der Waals surface area contributed by atoms with Gasteiger partial charge in [-0.15, -0.1) is 20.4 Å². The van der Waals surface area contributed by atoms with Crippen molar-refractivity contribution in [1.82, 2.24) is 29.2 Å². The fourth-order valence-corrected chi connectivity index (χ4v) is 6.85. The van der Waals surface area contributed by atoms with Gasteiger partial charge in [-0.05, 0) is 97.8 Å². The molecule has 4 heterocycles. The van der Waals surface area contributed by atoms with Gasteiger partial charge in [-0.3, -0.25) is 8.80 Å². The number of halogens is 6. The lowest BCUT2D eigenvalue weighted by Crippen LogP contribution is -2.48. The summed E-state index contributed by atoms with van der Waals surface area (Å²) < 4.78 is 92.0. The van der Waals surface area contributed by atoms with Crippen molar-refractivity contribution in [2.45, 2.75) is 61.8 Å². The monoisotopic (exact) mass is 759 g/mol. The van der Waals surface area contributed by atoms with Crippen LogP contribution in [0.5, 0.6) is 11.5 Å². The second-order valence-electron chi connectivity index (χ2n) is 12.8. The van der Waals surface area contributed by atoms with E-state index in [0.717, 1.165) is 0 Å². The number of benzene rings is 2. The number of aliphatic hydroxyl groups is 1. The normalized spacial score (nSPS) is 17.3. The lowest BCUT2D eigenvalue weighted by molar-refractivity contribution is -0.128. The van der Waals surface area contributed by atoms with Crippen LogP contribution in [0.3, 0.4) is 0 Å². The smallest absolute Gasteiger partial charge is 0.393 e. The minimum Gasteiger partial charge on any atom is -0.497 e. The highest BCUT2D eigenvalue weighted by atomic mass is 32.2. The van der Waals surface area contributed by atoms with Gasteiger partial charge < -0.3 is 19.9 Å². The number of anilines is 1. The Bertz CT molecular complexity index is 2230. The first-order valence-electron chi connectivity index (χ1n) is 16.3. The van der Waals surface area contributed by atoms with E-state index in [9.17, 15) is 31.4 Å².